The number of carbonyl (C=O) groups excluding carboxylic acids is 1. The van der Waals surface area contributed by atoms with Crippen LogP contribution in [0.25, 0.3) is 0 Å². The standard InChI is InChI=1S/C36H60O8/c37-35(38)33-18-17-30(28-9-5-2-6-10-28)20-34(33)36(39)41-21-25-11-13-26(14-12-25)22-43-44-24-32-19-29(15-16-31(32)23-42-40)27-7-3-1-4-8-27/h25-34,40H,1-24H2,(H,37,38). The number of hydrogen-bond donors (Lipinski definition) is 2. The van der Waals surface area contributed by atoms with E-state index in [9.17, 15) is 14.7 Å². The van der Waals surface area contributed by atoms with E-state index < -0.39 is 17.8 Å². The molecule has 5 saturated carbocycles. The summed E-state index contributed by atoms with van der Waals surface area (Å²) >= 11 is 0. The maximum absolute atomic E-state index is 13.2. The summed E-state index contributed by atoms with van der Waals surface area (Å²) in [7, 11) is 0. The number of rotatable bonds is 13. The van der Waals surface area contributed by atoms with Crippen LogP contribution in [0.2, 0.25) is 0 Å². The summed E-state index contributed by atoms with van der Waals surface area (Å²) in [6.07, 6.45) is 22.8. The van der Waals surface area contributed by atoms with Crippen LogP contribution in [0.5, 0.6) is 0 Å². The third kappa shape index (κ3) is 9.65. The van der Waals surface area contributed by atoms with E-state index in [4.69, 9.17) is 19.8 Å². The quantitative estimate of drug-likeness (QED) is 0.0920. The second kappa shape index (κ2) is 17.6. The lowest BCUT2D eigenvalue weighted by Gasteiger charge is -2.40. The maximum atomic E-state index is 13.2. The molecule has 5 aliphatic carbocycles. The number of carboxylic acids is 1. The van der Waals surface area contributed by atoms with E-state index in [0.717, 1.165) is 56.8 Å². The highest BCUT2D eigenvalue weighted by atomic mass is 17.2. The monoisotopic (exact) mass is 620 g/mol. The Morgan fingerprint density at radius 3 is 1.70 bits per heavy atom. The molecule has 0 radical (unpaired) electrons. The molecule has 252 valence electrons. The van der Waals surface area contributed by atoms with E-state index >= 15 is 0 Å². The predicted octanol–water partition coefficient (Wildman–Crippen LogP) is 8.08. The van der Waals surface area contributed by atoms with Gasteiger partial charge in [-0.05, 0) is 112 Å². The zero-order valence-corrected chi connectivity index (χ0v) is 27.1. The van der Waals surface area contributed by atoms with Crippen molar-refractivity contribution in [3.05, 3.63) is 0 Å². The van der Waals surface area contributed by atoms with Crippen molar-refractivity contribution in [2.75, 3.05) is 26.4 Å². The Morgan fingerprint density at radius 2 is 1.09 bits per heavy atom. The van der Waals surface area contributed by atoms with Crippen LogP contribution >= 0.6 is 0 Å². The van der Waals surface area contributed by atoms with Crippen molar-refractivity contribution in [2.24, 2.45) is 59.2 Å². The number of esters is 1. The summed E-state index contributed by atoms with van der Waals surface area (Å²) in [6.45, 7) is 1.91. The fraction of sp³-hybridized carbons (Fsp3) is 0.944. The largest absolute Gasteiger partial charge is 0.481 e. The van der Waals surface area contributed by atoms with Gasteiger partial charge in [-0.2, -0.15) is 0 Å². The minimum absolute atomic E-state index is 0.282. The lowest BCUT2D eigenvalue weighted by molar-refractivity contribution is -0.316. The molecule has 44 heavy (non-hydrogen) atoms. The summed E-state index contributed by atoms with van der Waals surface area (Å²) in [5.41, 5.74) is 0. The lowest BCUT2D eigenvalue weighted by Crippen LogP contribution is -2.39. The van der Waals surface area contributed by atoms with Crippen molar-refractivity contribution in [1.29, 1.82) is 0 Å². The minimum Gasteiger partial charge on any atom is -0.481 e. The van der Waals surface area contributed by atoms with Crippen LogP contribution in [0.1, 0.15) is 128 Å². The number of carbonyl (C=O) groups is 2. The molecule has 0 aliphatic heterocycles. The summed E-state index contributed by atoms with van der Waals surface area (Å²) in [4.78, 5) is 41.3. The van der Waals surface area contributed by atoms with Crippen LogP contribution < -0.4 is 0 Å². The topological polar surface area (TPSA) is 112 Å². The third-order valence-electron chi connectivity index (χ3n) is 12.7. The van der Waals surface area contributed by atoms with E-state index in [2.05, 4.69) is 4.89 Å². The zero-order chi connectivity index (χ0) is 30.7. The fourth-order valence-corrected chi connectivity index (χ4v) is 9.86. The van der Waals surface area contributed by atoms with Crippen LogP contribution in [-0.4, -0.2) is 48.7 Å². The van der Waals surface area contributed by atoms with Crippen LogP contribution in [0, 0.1) is 59.2 Å². The van der Waals surface area contributed by atoms with Gasteiger partial charge in [0.15, 0.2) is 0 Å². The first-order chi connectivity index (χ1) is 21.5. The summed E-state index contributed by atoms with van der Waals surface area (Å²) in [5, 5.41) is 18.9. The Morgan fingerprint density at radius 1 is 0.523 bits per heavy atom. The van der Waals surface area contributed by atoms with E-state index in [-0.39, 0.29) is 5.97 Å². The molecule has 0 bridgehead atoms. The molecule has 5 aliphatic rings. The van der Waals surface area contributed by atoms with Gasteiger partial charge in [0.25, 0.3) is 0 Å². The van der Waals surface area contributed by atoms with E-state index in [1.165, 1.54) is 70.6 Å². The Balaban J connectivity index is 0.987. The van der Waals surface area contributed by atoms with Crippen molar-refractivity contribution < 1.29 is 39.4 Å². The van der Waals surface area contributed by atoms with Gasteiger partial charge >= 0.3 is 11.9 Å². The van der Waals surface area contributed by atoms with Gasteiger partial charge in [0.2, 0.25) is 0 Å². The highest BCUT2D eigenvalue weighted by Gasteiger charge is 2.43. The minimum atomic E-state index is -0.846. The predicted molar refractivity (Wildman–Crippen MR) is 166 cm³/mol. The van der Waals surface area contributed by atoms with Crippen molar-refractivity contribution in [1.82, 2.24) is 0 Å². The van der Waals surface area contributed by atoms with E-state index in [0.29, 0.717) is 74.8 Å². The molecule has 8 nitrogen and oxygen atoms in total. The first-order valence-corrected chi connectivity index (χ1v) is 18.4. The van der Waals surface area contributed by atoms with Gasteiger partial charge in [0, 0.05) is 0 Å². The summed E-state index contributed by atoms with van der Waals surface area (Å²) < 4.78 is 5.83. The van der Waals surface area contributed by atoms with Gasteiger partial charge in [-0.1, -0.05) is 64.2 Å². The molecule has 6 unspecified atom stereocenters. The molecule has 8 heteroatoms. The molecule has 5 rings (SSSR count). The SMILES string of the molecule is O=C(O)C1CCC(C2CCCCC2)CC1C(=O)OCC1CCC(COOCC2CC(C3CCCCC3)CCC2COO)CC1. The number of ether oxygens (including phenoxy) is 1. The van der Waals surface area contributed by atoms with Crippen LogP contribution in [0.4, 0.5) is 0 Å². The molecule has 0 amide bonds. The average molecular weight is 621 g/mol. The molecule has 0 aromatic heterocycles. The highest BCUT2D eigenvalue weighted by Crippen LogP contribution is 2.44. The van der Waals surface area contributed by atoms with Gasteiger partial charge in [-0.3, -0.25) is 14.8 Å². The van der Waals surface area contributed by atoms with Gasteiger partial charge in [-0.15, -0.1) is 0 Å². The number of aliphatic carboxylic acids is 1. The Labute approximate surface area is 265 Å². The van der Waals surface area contributed by atoms with E-state index in [1.807, 2.05) is 0 Å². The molecule has 0 aromatic carbocycles. The van der Waals surface area contributed by atoms with Gasteiger partial charge in [-0.25, -0.2) is 14.7 Å². The molecule has 0 aromatic rings. The summed E-state index contributed by atoms with van der Waals surface area (Å²) in [5.74, 6) is 1.92. The fourth-order valence-electron chi connectivity index (χ4n) is 9.86. The molecular formula is C36H60O8. The van der Waals surface area contributed by atoms with Crippen LogP contribution in [-0.2, 0) is 29.0 Å². The van der Waals surface area contributed by atoms with Crippen LogP contribution in [0.3, 0.4) is 0 Å². The van der Waals surface area contributed by atoms with Crippen molar-refractivity contribution in [3.8, 4) is 0 Å². The lowest BCUT2D eigenvalue weighted by atomic mass is 9.67. The Hall–Kier alpha value is -1.22. The maximum Gasteiger partial charge on any atom is 0.309 e. The van der Waals surface area contributed by atoms with Crippen LogP contribution in [0.15, 0.2) is 0 Å². The Bertz CT molecular complexity index is 860. The number of hydrogen-bond acceptors (Lipinski definition) is 7. The average Bonchev–Trinajstić information content (AvgIpc) is 3.07. The highest BCUT2D eigenvalue weighted by molar-refractivity contribution is 5.81. The molecule has 5 fully saturated rings. The van der Waals surface area contributed by atoms with Gasteiger partial charge < -0.3 is 9.84 Å². The van der Waals surface area contributed by atoms with Gasteiger partial charge in [0.05, 0.1) is 38.3 Å². The second-order valence-corrected chi connectivity index (χ2v) is 15.4. The smallest absolute Gasteiger partial charge is 0.309 e. The third-order valence-corrected chi connectivity index (χ3v) is 12.7. The number of carboxylic acid groups (broad SMARTS) is 1. The van der Waals surface area contributed by atoms with Crippen molar-refractivity contribution >= 4 is 11.9 Å². The van der Waals surface area contributed by atoms with Crippen molar-refractivity contribution in [3.63, 3.8) is 0 Å². The first kappa shape index (κ1) is 34.1. The summed E-state index contributed by atoms with van der Waals surface area (Å²) in [6, 6.07) is 0. The Kier molecular flexibility index (Phi) is 13.7. The molecule has 6 atom stereocenters. The normalized spacial score (nSPS) is 36.1. The molecule has 0 saturated heterocycles. The van der Waals surface area contributed by atoms with E-state index in [1.54, 1.807) is 0 Å². The van der Waals surface area contributed by atoms with Gasteiger partial charge in [0.1, 0.15) is 0 Å². The molecule has 0 spiro atoms. The zero-order valence-electron chi connectivity index (χ0n) is 27.1. The first-order valence-electron chi connectivity index (χ1n) is 18.4. The molecule has 2 N–H and O–H groups in total. The molecular weight excluding hydrogens is 560 g/mol. The second-order valence-electron chi connectivity index (χ2n) is 15.4. The molecule has 0 heterocycles. The van der Waals surface area contributed by atoms with Crippen molar-refractivity contribution in [2.45, 2.75) is 128 Å².